The zero-order chi connectivity index (χ0) is 23.3. The Hall–Kier alpha value is -4.65. The summed E-state index contributed by atoms with van der Waals surface area (Å²) in [5, 5.41) is 5.85. The molecule has 7 nitrogen and oxygen atoms in total. The Morgan fingerprint density at radius 1 is 0.853 bits per heavy atom. The van der Waals surface area contributed by atoms with Gasteiger partial charge in [0.1, 0.15) is 5.82 Å². The Kier molecular flexibility index (Phi) is 5.90. The van der Waals surface area contributed by atoms with Crippen LogP contribution in [0.25, 0.3) is 11.0 Å². The summed E-state index contributed by atoms with van der Waals surface area (Å²) in [7, 11) is 0. The van der Waals surface area contributed by atoms with Gasteiger partial charge in [-0.25, -0.2) is 4.98 Å². The van der Waals surface area contributed by atoms with Crippen LogP contribution < -0.4 is 10.6 Å². The molecule has 2 amide bonds. The average molecular weight is 450 g/mol. The SMILES string of the molecule is O=C(NC(Cc1ccccc1)c1nc2ccccc2[nH]1)c1ccc(NC(=O)c2ccco2)cc1. The van der Waals surface area contributed by atoms with Gasteiger partial charge >= 0.3 is 0 Å². The summed E-state index contributed by atoms with van der Waals surface area (Å²) in [6.07, 6.45) is 2.03. The van der Waals surface area contributed by atoms with Crippen LogP contribution in [-0.2, 0) is 6.42 Å². The number of para-hydroxylation sites is 2. The number of aromatic amines is 1. The number of nitrogens with zero attached hydrogens (tertiary/aromatic N) is 1. The molecule has 7 heteroatoms. The number of hydrogen-bond donors (Lipinski definition) is 3. The molecule has 0 spiro atoms. The van der Waals surface area contributed by atoms with Crippen LogP contribution in [-0.4, -0.2) is 21.8 Å². The molecule has 0 fully saturated rings. The van der Waals surface area contributed by atoms with Gasteiger partial charge in [-0.1, -0.05) is 42.5 Å². The van der Waals surface area contributed by atoms with Crippen molar-refractivity contribution in [1.82, 2.24) is 15.3 Å². The van der Waals surface area contributed by atoms with Gasteiger partial charge in [0.2, 0.25) is 0 Å². The van der Waals surface area contributed by atoms with Crippen LogP contribution in [0.2, 0.25) is 0 Å². The van der Waals surface area contributed by atoms with E-state index in [1.54, 1.807) is 36.4 Å². The minimum Gasteiger partial charge on any atom is -0.459 e. The van der Waals surface area contributed by atoms with Gasteiger partial charge in [-0.2, -0.15) is 0 Å². The molecule has 168 valence electrons. The highest BCUT2D eigenvalue weighted by molar-refractivity contribution is 6.02. The topological polar surface area (TPSA) is 100 Å². The van der Waals surface area contributed by atoms with E-state index in [0.717, 1.165) is 16.6 Å². The molecule has 0 bridgehead atoms. The van der Waals surface area contributed by atoms with E-state index in [0.29, 0.717) is 23.5 Å². The monoisotopic (exact) mass is 450 g/mol. The summed E-state index contributed by atoms with van der Waals surface area (Å²) in [6.45, 7) is 0. The van der Waals surface area contributed by atoms with Crippen LogP contribution >= 0.6 is 0 Å². The van der Waals surface area contributed by atoms with Gasteiger partial charge in [-0.3, -0.25) is 9.59 Å². The lowest BCUT2D eigenvalue weighted by atomic mass is 10.0. The fourth-order valence-corrected chi connectivity index (χ4v) is 3.75. The van der Waals surface area contributed by atoms with Gasteiger partial charge in [-0.15, -0.1) is 0 Å². The van der Waals surface area contributed by atoms with Crippen molar-refractivity contribution in [3.8, 4) is 0 Å². The second kappa shape index (κ2) is 9.46. The Morgan fingerprint density at radius 3 is 2.35 bits per heavy atom. The van der Waals surface area contributed by atoms with Crippen LogP contribution in [0.5, 0.6) is 0 Å². The number of carbonyl (C=O) groups is 2. The molecule has 1 unspecified atom stereocenters. The van der Waals surface area contributed by atoms with Crippen molar-refractivity contribution in [2.24, 2.45) is 0 Å². The van der Waals surface area contributed by atoms with E-state index in [2.05, 4.69) is 15.6 Å². The Labute approximate surface area is 195 Å². The molecule has 5 rings (SSSR count). The number of imidazole rings is 1. The fourth-order valence-electron chi connectivity index (χ4n) is 3.75. The lowest BCUT2D eigenvalue weighted by Crippen LogP contribution is -2.30. The highest BCUT2D eigenvalue weighted by Gasteiger charge is 2.20. The Balaban J connectivity index is 1.34. The van der Waals surface area contributed by atoms with Gasteiger partial charge in [-0.05, 0) is 60.5 Å². The predicted molar refractivity (Wildman–Crippen MR) is 130 cm³/mol. The zero-order valence-electron chi connectivity index (χ0n) is 18.2. The maximum absolute atomic E-state index is 13.1. The number of aromatic nitrogens is 2. The maximum atomic E-state index is 13.1. The average Bonchev–Trinajstić information content (AvgIpc) is 3.55. The van der Waals surface area contributed by atoms with Crippen molar-refractivity contribution < 1.29 is 14.0 Å². The molecule has 3 N–H and O–H groups in total. The highest BCUT2D eigenvalue weighted by Crippen LogP contribution is 2.21. The minimum absolute atomic E-state index is 0.219. The van der Waals surface area contributed by atoms with Crippen LogP contribution in [0.4, 0.5) is 5.69 Å². The number of benzene rings is 3. The first-order valence-electron chi connectivity index (χ1n) is 10.9. The number of rotatable bonds is 7. The molecule has 34 heavy (non-hydrogen) atoms. The molecule has 0 aliphatic rings. The summed E-state index contributed by atoms with van der Waals surface area (Å²) < 4.78 is 5.10. The molecule has 5 aromatic rings. The summed E-state index contributed by atoms with van der Waals surface area (Å²) in [5.74, 6) is 0.331. The first-order chi connectivity index (χ1) is 16.7. The van der Waals surface area contributed by atoms with E-state index < -0.39 is 0 Å². The van der Waals surface area contributed by atoms with Crippen molar-refractivity contribution >= 4 is 28.5 Å². The highest BCUT2D eigenvalue weighted by atomic mass is 16.3. The third-order valence-corrected chi connectivity index (χ3v) is 5.48. The molecule has 0 radical (unpaired) electrons. The smallest absolute Gasteiger partial charge is 0.291 e. The quantitative estimate of drug-likeness (QED) is 0.320. The number of H-pyrrole nitrogens is 1. The van der Waals surface area contributed by atoms with Gasteiger partial charge in [0, 0.05) is 11.3 Å². The number of furan rings is 1. The van der Waals surface area contributed by atoms with Crippen molar-refractivity contribution in [2.45, 2.75) is 12.5 Å². The number of anilines is 1. The second-order valence-corrected chi connectivity index (χ2v) is 7.86. The molecule has 3 aromatic carbocycles. The van der Waals surface area contributed by atoms with E-state index in [4.69, 9.17) is 9.40 Å². The Bertz CT molecular complexity index is 1370. The number of nitrogens with one attached hydrogen (secondary N) is 3. The van der Waals surface area contributed by atoms with Crippen molar-refractivity contribution in [3.63, 3.8) is 0 Å². The van der Waals surface area contributed by atoms with E-state index in [9.17, 15) is 9.59 Å². The summed E-state index contributed by atoms with van der Waals surface area (Å²) in [4.78, 5) is 33.3. The van der Waals surface area contributed by atoms with E-state index >= 15 is 0 Å². The normalized spacial score (nSPS) is 11.8. The fraction of sp³-hybridized carbons (Fsp3) is 0.0741. The summed E-state index contributed by atoms with van der Waals surface area (Å²) in [6, 6.07) is 27.3. The first-order valence-corrected chi connectivity index (χ1v) is 10.9. The number of fused-ring (bicyclic) bond motifs is 1. The summed E-state index contributed by atoms with van der Waals surface area (Å²) in [5.41, 5.74) is 3.90. The molecule has 0 aliphatic heterocycles. The number of hydrogen-bond acceptors (Lipinski definition) is 4. The van der Waals surface area contributed by atoms with Gasteiger partial charge in [0.05, 0.1) is 23.3 Å². The lowest BCUT2D eigenvalue weighted by Gasteiger charge is -2.17. The predicted octanol–water partition coefficient (Wildman–Crippen LogP) is 5.12. The van der Waals surface area contributed by atoms with Crippen LogP contribution in [0.1, 0.15) is 38.3 Å². The zero-order valence-corrected chi connectivity index (χ0v) is 18.2. The maximum Gasteiger partial charge on any atom is 0.291 e. The molecule has 0 aliphatic carbocycles. The standard InChI is InChI=1S/C27H22N4O3/c32-26(19-12-14-20(15-13-19)28-27(33)24-11-6-16-34-24)31-23(17-18-7-2-1-3-8-18)25-29-21-9-4-5-10-22(21)30-25/h1-16,23H,17H2,(H,28,33)(H,29,30)(H,31,32). The second-order valence-electron chi connectivity index (χ2n) is 7.86. The molecule has 0 saturated heterocycles. The van der Waals surface area contributed by atoms with Crippen LogP contribution in [0, 0.1) is 0 Å². The third kappa shape index (κ3) is 4.73. The Morgan fingerprint density at radius 2 is 1.62 bits per heavy atom. The molecule has 1 atom stereocenters. The van der Waals surface area contributed by atoms with Gasteiger partial charge < -0.3 is 20.0 Å². The van der Waals surface area contributed by atoms with Crippen LogP contribution in [0.15, 0.2) is 102 Å². The summed E-state index contributed by atoms with van der Waals surface area (Å²) >= 11 is 0. The van der Waals surface area contributed by atoms with Crippen molar-refractivity contribution in [1.29, 1.82) is 0 Å². The minimum atomic E-state index is -0.352. The van der Waals surface area contributed by atoms with E-state index in [1.165, 1.54) is 6.26 Å². The molecule has 2 heterocycles. The molecular formula is C27H22N4O3. The van der Waals surface area contributed by atoms with Gasteiger partial charge in [0.25, 0.3) is 11.8 Å². The first kappa shape index (κ1) is 21.2. The lowest BCUT2D eigenvalue weighted by molar-refractivity contribution is 0.0934. The van der Waals surface area contributed by atoms with Gasteiger partial charge in [0.15, 0.2) is 5.76 Å². The van der Waals surface area contributed by atoms with Crippen molar-refractivity contribution in [2.75, 3.05) is 5.32 Å². The molecule has 0 saturated carbocycles. The third-order valence-electron chi connectivity index (χ3n) is 5.48. The largest absolute Gasteiger partial charge is 0.459 e. The molecular weight excluding hydrogens is 428 g/mol. The number of carbonyl (C=O) groups excluding carboxylic acids is 2. The number of amides is 2. The van der Waals surface area contributed by atoms with Crippen molar-refractivity contribution in [3.05, 3.63) is 120 Å². The van der Waals surface area contributed by atoms with Crippen LogP contribution in [0.3, 0.4) is 0 Å². The van der Waals surface area contributed by atoms with E-state index in [-0.39, 0.29) is 23.6 Å². The molecule has 2 aromatic heterocycles. The van der Waals surface area contributed by atoms with E-state index in [1.807, 2.05) is 54.6 Å².